The van der Waals surface area contributed by atoms with Crippen molar-refractivity contribution < 1.29 is 26.3 Å². The molecular formula is C21H19F6N5. The van der Waals surface area contributed by atoms with Crippen LogP contribution in [0.2, 0.25) is 0 Å². The van der Waals surface area contributed by atoms with Crippen molar-refractivity contribution in [3.63, 3.8) is 0 Å². The van der Waals surface area contributed by atoms with Gasteiger partial charge in [0.25, 0.3) is 0 Å². The molecule has 0 amide bonds. The highest BCUT2D eigenvalue weighted by molar-refractivity contribution is 5.71. The van der Waals surface area contributed by atoms with Crippen LogP contribution < -0.4 is 15.5 Å². The van der Waals surface area contributed by atoms with E-state index in [1.54, 1.807) is 22.1 Å². The van der Waals surface area contributed by atoms with Crippen molar-refractivity contribution in [2.75, 3.05) is 41.7 Å². The Labute approximate surface area is 179 Å². The molecule has 1 fully saturated rings. The minimum Gasteiger partial charge on any atom is -0.397 e. The van der Waals surface area contributed by atoms with Crippen LogP contribution >= 0.6 is 0 Å². The number of hydrogen-bond acceptors (Lipinski definition) is 4. The summed E-state index contributed by atoms with van der Waals surface area (Å²) < 4.78 is 81.8. The summed E-state index contributed by atoms with van der Waals surface area (Å²) in [5, 5.41) is 0. The number of rotatable bonds is 3. The van der Waals surface area contributed by atoms with Crippen LogP contribution in [0.3, 0.4) is 0 Å². The zero-order valence-corrected chi connectivity index (χ0v) is 16.7. The Morgan fingerprint density at radius 1 is 0.812 bits per heavy atom. The Bertz CT molecular complexity index is 1080. The number of alkyl halides is 6. The van der Waals surface area contributed by atoms with E-state index in [4.69, 9.17) is 5.73 Å². The van der Waals surface area contributed by atoms with Crippen molar-refractivity contribution in [2.45, 2.75) is 12.4 Å². The Morgan fingerprint density at radius 2 is 1.50 bits per heavy atom. The number of nitrogen functional groups attached to an aromatic ring is 1. The largest absolute Gasteiger partial charge is 0.418 e. The minimum atomic E-state index is -4.62. The summed E-state index contributed by atoms with van der Waals surface area (Å²) in [6.07, 6.45) is -4.57. The predicted molar refractivity (Wildman–Crippen MR) is 109 cm³/mol. The third-order valence-electron chi connectivity index (χ3n) is 5.39. The van der Waals surface area contributed by atoms with Crippen molar-refractivity contribution in [1.82, 2.24) is 9.55 Å². The molecule has 2 N–H and O–H groups in total. The molecule has 1 aliphatic heterocycles. The Balaban J connectivity index is 1.61. The number of aromatic nitrogens is 2. The summed E-state index contributed by atoms with van der Waals surface area (Å²) in [7, 11) is 0. The van der Waals surface area contributed by atoms with Crippen molar-refractivity contribution in [3.05, 3.63) is 66.2 Å². The monoisotopic (exact) mass is 455 g/mol. The number of halogens is 6. The molecule has 0 unspecified atom stereocenters. The lowest BCUT2D eigenvalue weighted by Crippen LogP contribution is -2.47. The van der Waals surface area contributed by atoms with Gasteiger partial charge in [0.1, 0.15) is 0 Å². The molecule has 1 saturated heterocycles. The fraction of sp³-hybridized carbons (Fsp3) is 0.286. The standard InChI is InChI=1S/C21H19F6N5/c22-20(23,24)14-2-1-3-15(10-14)30-6-8-31(9-7-30)18-12-19(32-5-4-29-13-32)17(28)11-16(18)21(25,26)27/h1-5,10-13H,6-9,28H2. The number of anilines is 3. The number of piperazine rings is 1. The molecule has 0 bridgehead atoms. The van der Waals surface area contributed by atoms with E-state index in [0.717, 1.165) is 18.2 Å². The maximum Gasteiger partial charge on any atom is 0.418 e. The van der Waals surface area contributed by atoms with Crippen LogP contribution in [-0.4, -0.2) is 35.7 Å². The lowest BCUT2D eigenvalue weighted by atomic mass is 10.1. The van der Waals surface area contributed by atoms with Crippen LogP contribution in [0.1, 0.15) is 11.1 Å². The molecule has 0 atom stereocenters. The Kier molecular flexibility index (Phi) is 5.43. The van der Waals surface area contributed by atoms with E-state index in [9.17, 15) is 26.3 Å². The topological polar surface area (TPSA) is 50.3 Å². The van der Waals surface area contributed by atoms with Gasteiger partial charge in [-0.15, -0.1) is 0 Å². The van der Waals surface area contributed by atoms with Crippen molar-refractivity contribution >= 4 is 17.1 Å². The zero-order chi connectivity index (χ0) is 23.1. The first kappa shape index (κ1) is 21.8. The van der Waals surface area contributed by atoms with Gasteiger partial charge in [0.15, 0.2) is 0 Å². The van der Waals surface area contributed by atoms with E-state index < -0.39 is 23.5 Å². The number of nitrogens with zero attached hydrogens (tertiary/aromatic N) is 4. The highest BCUT2D eigenvalue weighted by atomic mass is 19.4. The average molecular weight is 455 g/mol. The van der Waals surface area contributed by atoms with Crippen molar-refractivity contribution in [3.8, 4) is 5.69 Å². The highest BCUT2D eigenvalue weighted by Gasteiger charge is 2.37. The Hall–Kier alpha value is -3.37. The molecular weight excluding hydrogens is 436 g/mol. The van der Waals surface area contributed by atoms with Gasteiger partial charge >= 0.3 is 12.4 Å². The minimum absolute atomic E-state index is 0.0286. The second-order valence-corrected chi connectivity index (χ2v) is 7.42. The van der Waals surface area contributed by atoms with Crippen LogP contribution in [0, 0.1) is 0 Å². The molecule has 2 aromatic carbocycles. The summed E-state index contributed by atoms with van der Waals surface area (Å²) in [6, 6.07) is 7.21. The molecule has 5 nitrogen and oxygen atoms in total. The third-order valence-corrected chi connectivity index (χ3v) is 5.39. The van der Waals surface area contributed by atoms with Gasteiger partial charge in [0.05, 0.1) is 34.5 Å². The van der Waals surface area contributed by atoms with E-state index >= 15 is 0 Å². The highest BCUT2D eigenvalue weighted by Crippen LogP contribution is 2.41. The number of imidazole rings is 1. The van der Waals surface area contributed by atoms with Crippen molar-refractivity contribution in [2.24, 2.45) is 0 Å². The first-order valence-electron chi connectivity index (χ1n) is 9.70. The molecule has 11 heteroatoms. The van der Waals surface area contributed by atoms with Gasteiger partial charge in [0, 0.05) is 44.3 Å². The van der Waals surface area contributed by atoms with E-state index in [1.165, 1.54) is 29.2 Å². The lowest BCUT2D eigenvalue weighted by molar-refractivity contribution is -0.138. The van der Waals surface area contributed by atoms with Gasteiger partial charge in [-0.2, -0.15) is 26.3 Å². The molecule has 1 aromatic heterocycles. The van der Waals surface area contributed by atoms with Gasteiger partial charge in [-0.1, -0.05) is 6.07 Å². The van der Waals surface area contributed by atoms with E-state index in [1.807, 2.05) is 0 Å². The quantitative estimate of drug-likeness (QED) is 0.455. The second-order valence-electron chi connectivity index (χ2n) is 7.42. The van der Waals surface area contributed by atoms with Gasteiger partial charge < -0.3 is 20.1 Å². The lowest BCUT2D eigenvalue weighted by Gasteiger charge is -2.38. The summed E-state index contributed by atoms with van der Waals surface area (Å²) in [5.41, 5.74) is 4.95. The average Bonchev–Trinajstić information content (AvgIpc) is 3.27. The smallest absolute Gasteiger partial charge is 0.397 e. The maximum absolute atomic E-state index is 13.7. The third kappa shape index (κ3) is 4.32. The molecule has 2 heterocycles. The van der Waals surface area contributed by atoms with Gasteiger partial charge in [-0.25, -0.2) is 4.98 Å². The molecule has 0 aliphatic carbocycles. The normalized spacial score (nSPS) is 15.3. The van der Waals surface area contributed by atoms with E-state index in [0.29, 0.717) is 11.4 Å². The molecule has 4 rings (SSSR count). The molecule has 32 heavy (non-hydrogen) atoms. The number of nitrogens with two attached hydrogens (primary N) is 1. The van der Waals surface area contributed by atoms with Crippen molar-refractivity contribution in [1.29, 1.82) is 0 Å². The zero-order valence-electron chi connectivity index (χ0n) is 16.7. The second kappa shape index (κ2) is 7.95. The molecule has 0 saturated carbocycles. The maximum atomic E-state index is 13.7. The first-order chi connectivity index (χ1) is 15.0. The van der Waals surface area contributed by atoms with Crippen LogP contribution in [0.5, 0.6) is 0 Å². The molecule has 0 radical (unpaired) electrons. The molecule has 3 aromatic rings. The van der Waals surface area contributed by atoms with Crippen LogP contribution in [0.15, 0.2) is 55.1 Å². The first-order valence-corrected chi connectivity index (χ1v) is 9.70. The summed E-state index contributed by atoms with van der Waals surface area (Å²) >= 11 is 0. The summed E-state index contributed by atoms with van der Waals surface area (Å²) in [4.78, 5) is 7.21. The predicted octanol–water partition coefficient (Wildman–Crippen LogP) is 4.82. The van der Waals surface area contributed by atoms with Crippen LogP contribution in [0.4, 0.5) is 43.4 Å². The summed E-state index contributed by atoms with van der Waals surface area (Å²) in [5.74, 6) is 0. The van der Waals surface area contributed by atoms with Crippen LogP contribution in [0.25, 0.3) is 5.69 Å². The molecule has 0 spiro atoms. The van der Waals surface area contributed by atoms with E-state index in [-0.39, 0.29) is 37.6 Å². The summed E-state index contributed by atoms with van der Waals surface area (Å²) in [6.45, 7) is 0.937. The van der Waals surface area contributed by atoms with Crippen LogP contribution in [-0.2, 0) is 12.4 Å². The Morgan fingerprint density at radius 3 is 2.09 bits per heavy atom. The fourth-order valence-corrected chi connectivity index (χ4v) is 3.79. The molecule has 170 valence electrons. The van der Waals surface area contributed by atoms with Gasteiger partial charge in [0.2, 0.25) is 0 Å². The number of benzene rings is 2. The fourth-order valence-electron chi connectivity index (χ4n) is 3.79. The van der Waals surface area contributed by atoms with Gasteiger partial charge in [-0.3, -0.25) is 0 Å². The molecule has 1 aliphatic rings. The number of hydrogen-bond donors (Lipinski definition) is 1. The SMILES string of the molecule is Nc1cc(C(F)(F)F)c(N2CCN(c3cccc(C(F)(F)F)c3)CC2)cc1-n1ccnc1. The van der Waals surface area contributed by atoms with Gasteiger partial charge in [-0.05, 0) is 30.3 Å². The van der Waals surface area contributed by atoms with E-state index in [2.05, 4.69) is 4.98 Å².